The minimum absolute atomic E-state index is 0.0602. The third-order valence-electron chi connectivity index (χ3n) is 3.11. The highest BCUT2D eigenvalue weighted by Crippen LogP contribution is 2.24. The largest absolute Gasteiger partial charge is 0.481 e. The number of rotatable bonds is 9. The quantitative estimate of drug-likeness (QED) is 0.516. The van der Waals surface area contributed by atoms with E-state index in [4.69, 9.17) is 28.3 Å². The van der Waals surface area contributed by atoms with E-state index in [0.29, 0.717) is 13.0 Å². The molecule has 1 amide bonds. The average Bonchev–Trinajstić information content (AvgIpc) is 2.45. The number of carbonyl (C=O) groups excluding carboxylic acids is 1. The Morgan fingerprint density at radius 1 is 1.05 bits per heavy atom. The maximum Gasteiger partial charge on any atom is 0.303 e. The molecule has 0 aliphatic rings. The van der Waals surface area contributed by atoms with Crippen molar-refractivity contribution in [2.45, 2.75) is 38.5 Å². The summed E-state index contributed by atoms with van der Waals surface area (Å²) >= 11 is 11.4. The number of hydrogen-bond acceptors (Lipinski definition) is 2. The number of nitrogens with one attached hydrogen (secondary N) is 1. The monoisotopic (exact) mass is 349 g/mol. The first-order valence-corrected chi connectivity index (χ1v) is 7.82. The molecule has 1 aromatic carbocycles. The van der Waals surface area contributed by atoms with Crippen LogP contribution in [0.4, 0.5) is 4.39 Å². The summed E-state index contributed by atoms with van der Waals surface area (Å²) in [6, 6.07) is 2.22. The van der Waals surface area contributed by atoms with Gasteiger partial charge in [0.15, 0.2) is 0 Å². The van der Waals surface area contributed by atoms with Gasteiger partial charge in [-0.05, 0) is 25.0 Å². The molecule has 0 heterocycles. The van der Waals surface area contributed by atoms with E-state index in [1.54, 1.807) is 0 Å². The predicted octanol–water partition coefficient (Wildman–Crippen LogP) is 4.29. The van der Waals surface area contributed by atoms with E-state index in [1.165, 1.54) is 6.07 Å². The van der Waals surface area contributed by atoms with Crippen LogP contribution < -0.4 is 5.32 Å². The highest BCUT2D eigenvalue weighted by atomic mass is 35.5. The van der Waals surface area contributed by atoms with Crippen LogP contribution in [0.5, 0.6) is 0 Å². The van der Waals surface area contributed by atoms with Crippen molar-refractivity contribution in [3.05, 3.63) is 33.6 Å². The van der Waals surface area contributed by atoms with Crippen molar-refractivity contribution in [3.63, 3.8) is 0 Å². The predicted molar refractivity (Wildman–Crippen MR) is 84.1 cm³/mol. The number of aliphatic carboxylic acids is 1. The first-order valence-electron chi connectivity index (χ1n) is 7.06. The molecular formula is C15H18Cl2FNO3. The summed E-state index contributed by atoms with van der Waals surface area (Å²) in [7, 11) is 0. The van der Waals surface area contributed by atoms with Crippen molar-refractivity contribution in [2.24, 2.45) is 0 Å². The van der Waals surface area contributed by atoms with Crippen LogP contribution in [0.2, 0.25) is 10.0 Å². The molecule has 0 bridgehead atoms. The lowest BCUT2D eigenvalue weighted by Gasteiger charge is -2.07. The summed E-state index contributed by atoms with van der Waals surface area (Å²) in [6.07, 6.45) is 4.29. The summed E-state index contributed by atoms with van der Waals surface area (Å²) in [5.74, 6) is -1.90. The summed E-state index contributed by atoms with van der Waals surface area (Å²) in [5.41, 5.74) is 0.0602. The van der Waals surface area contributed by atoms with Crippen LogP contribution in [-0.4, -0.2) is 23.5 Å². The molecule has 0 spiro atoms. The molecule has 0 atom stereocenters. The number of unbranched alkanes of at least 4 members (excludes halogenated alkanes) is 4. The topological polar surface area (TPSA) is 66.4 Å². The fourth-order valence-electron chi connectivity index (χ4n) is 1.93. The van der Waals surface area contributed by atoms with Crippen molar-refractivity contribution in [3.8, 4) is 0 Å². The Balaban J connectivity index is 2.24. The van der Waals surface area contributed by atoms with Gasteiger partial charge in [0.05, 0.1) is 15.6 Å². The normalized spacial score (nSPS) is 10.5. The molecule has 22 heavy (non-hydrogen) atoms. The van der Waals surface area contributed by atoms with Crippen LogP contribution in [-0.2, 0) is 4.79 Å². The number of carboxylic acid groups (broad SMARTS) is 1. The van der Waals surface area contributed by atoms with Gasteiger partial charge in [0.25, 0.3) is 5.91 Å². The molecule has 2 N–H and O–H groups in total. The van der Waals surface area contributed by atoms with Crippen molar-refractivity contribution >= 4 is 35.1 Å². The van der Waals surface area contributed by atoms with Gasteiger partial charge in [0, 0.05) is 13.0 Å². The average molecular weight is 350 g/mol. The van der Waals surface area contributed by atoms with E-state index in [-0.39, 0.29) is 22.0 Å². The van der Waals surface area contributed by atoms with E-state index in [0.717, 1.165) is 31.7 Å². The van der Waals surface area contributed by atoms with Crippen molar-refractivity contribution in [1.82, 2.24) is 5.32 Å². The van der Waals surface area contributed by atoms with Crippen LogP contribution in [0.1, 0.15) is 48.9 Å². The maximum atomic E-state index is 13.3. The molecule has 0 aliphatic carbocycles. The van der Waals surface area contributed by atoms with Crippen LogP contribution >= 0.6 is 23.2 Å². The SMILES string of the molecule is O=C(O)CCCCCCCNC(=O)c1cc(F)c(Cl)cc1Cl. The van der Waals surface area contributed by atoms with Crippen molar-refractivity contribution in [1.29, 1.82) is 0 Å². The zero-order chi connectivity index (χ0) is 16.5. The Morgan fingerprint density at radius 2 is 1.68 bits per heavy atom. The number of hydrogen-bond donors (Lipinski definition) is 2. The first-order chi connectivity index (χ1) is 10.4. The highest BCUT2D eigenvalue weighted by molar-refractivity contribution is 6.36. The summed E-state index contributed by atoms with van der Waals surface area (Å²) in [4.78, 5) is 22.2. The number of halogens is 3. The number of carbonyl (C=O) groups is 2. The van der Waals surface area contributed by atoms with Gasteiger partial charge in [-0.25, -0.2) is 4.39 Å². The molecule has 0 saturated heterocycles. The lowest BCUT2D eigenvalue weighted by atomic mass is 10.1. The smallest absolute Gasteiger partial charge is 0.303 e. The fraction of sp³-hybridized carbons (Fsp3) is 0.467. The van der Waals surface area contributed by atoms with E-state index >= 15 is 0 Å². The van der Waals surface area contributed by atoms with Crippen LogP contribution in [0, 0.1) is 5.82 Å². The Labute approximate surface area is 138 Å². The van der Waals surface area contributed by atoms with Crippen LogP contribution in [0.15, 0.2) is 12.1 Å². The van der Waals surface area contributed by atoms with Crippen LogP contribution in [0.25, 0.3) is 0 Å². The van der Waals surface area contributed by atoms with Crippen LogP contribution in [0.3, 0.4) is 0 Å². The van der Waals surface area contributed by atoms with E-state index < -0.39 is 17.7 Å². The summed E-state index contributed by atoms with van der Waals surface area (Å²) in [5, 5.41) is 11.1. The third-order valence-corrected chi connectivity index (χ3v) is 3.71. The van der Waals surface area contributed by atoms with Gasteiger partial charge in [0.2, 0.25) is 0 Å². The van der Waals surface area contributed by atoms with Gasteiger partial charge < -0.3 is 10.4 Å². The van der Waals surface area contributed by atoms with Gasteiger partial charge in [-0.15, -0.1) is 0 Å². The van der Waals surface area contributed by atoms with E-state index in [1.807, 2.05) is 0 Å². The zero-order valence-corrected chi connectivity index (χ0v) is 13.5. The standard InChI is InChI=1S/C15H18Cl2FNO3/c16-11-9-12(17)13(18)8-10(11)15(22)19-7-5-3-1-2-4-6-14(20)21/h8-9H,1-7H2,(H,19,22)(H,20,21). The zero-order valence-electron chi connectivity index (χ0n) is 12.0. The minimum atomic E-state index is -0.778. The minimum Gasteiger partial charge on any atom is -0.481 e. The molecule has 0 aliphatic heterocycles. The first kappa shape index (κ1) is 18.7. The molecule has 0 unspecified atom stereocenters. The third kappa shape index (κ3) is 6.62. The second-order valence-corrected chi connectivity index (χ2v) is 5.73. The molecule has 0 radical (unpaired) electrons. The van der Waals surface area contributed by atoms with Gasteiger partial charge >= 0.3 is 5.97 Å². The summed E-state index contributed by atoms with van der Waals surface area (Å²) < 4.78 is 13.3. The molecule has 4 nitrogen and oxygen atoms in total. The number of benzene rings is 1. The van der Waals surface area contributed by atoms with Gasteiger partial charge in [-0.3, -0.25) is 9.59 Å². The van der Waals surface area contributed by atoms with Gasteiger partial charge in [-0.1, -0.05) is 42.5 Å². The Kier molecular flexibility index (Phi) is 8.20. The molecule has 0 saturated carbocycles. The van der Waals surface area contributed by atoms with Crippen molar-refractivity contribution < 1.29 is 19.1 Å². The molecule has 7 heteroatoms. The Hall–Kier alpha value is -1.33. The second-order valence-electron chi connectivity index (χ2n) is 4.91. The lowest BCUT2D eigenvalue weighted by molar-refractivity contribution is -0.137. The van der Waals surface area contributed by atoms with Crippen molar-refractivity contribution in [2.75, 3.05) is 6.54 Å². The molecule has 1 rings (SSSR count). The molecule has 0 fully saturated rings. The number of carboxylic acids is 1. The summed E-state index contributed by atoms with van der Waals surface area (Å²) in [6.45, 7) is 0.457. The van der Waals surface area contributed by atoms with Gasteiger partial charge in [-0.2, -0.15) is 0 Å². The fourth-order valence-corrected chi connectivity index (χ4v) is 2.39. The van der Waals surface area contributed by atoms with E-state index in [2.05, 4.69) is 5.32 Å². The Morgan fingerprint density at radius 3 is 2.36 bits per heavy atom. The van der Waals surface area contributed by atoms with E-state index in [9.17, 15) is 14.0 Å². The second kappa shape index (κ2) is 9.64. The molecule has 1 aromatic rings. The lowest BCUT2D eigenvalue weighted by Crippen LogP contribution is -2.24. The number of amides is 1. The molecule has 0 aromatic heterocycles. The molecular weight excluding hydrogens is 332 g/mol. The molecule has 122 valence electrons. The Bertz CT molecular complexity index is 538. The maximum absolute atomic E-state index is 13.3. The van der Waals surface area contributed by atoms with Gasteiger partial charge in [0.1, 0.15) is 5.82 Å². The highest BCUT2D eigenvalue weighted by Gasteiger charge is 2.13.